The summed E-state index contributed by atoms with van der Waals surface area (Å²) in [5, 5.41) is 0. The first kappa shape index (κ1) is 19.8. The maximum Gasteiger partial charge on any atom is 0.203 e. The van der Waals surface area contributed by atoms with E-state index in [0.29, 0.717) is 5.75 Å². The van der Waals surface area contributed by atoms with Gasteiger partial charge in [0.15, 0.2) is 11.5 Å². The lowest BCUT2D eigenvalue weighted by Crippen LogP contribution is -2.58. The molecule has 28 heavy (non-hydrogen) atoms. The highest BCUT2D eigenvalue weighted by molar-refractivity contribution is 5.53. The molecule has 1 aromatic rings. The Labute approximate surface area is 169 Å². The lowest BCUT2D eigenvalue weighted by molar-refractivity contribution is -0.0290. The number of nitrogens with zero attached hydrogens (tertiary/aromatic N) is 2. The van der Waals surface area contributed by atoms with E-state index in [1.54, 1.807) is 21.3 Å². The molecule has 2 heterocycles. The molecule has 4 rings (SSSR count). The average Bonchev–Trinajstić information content (AvgIpc) is 2.73. The molecule has 3 atom stereocenters. The monoisotopic (exact) mass is 388 g/mol. The van der Waals surface area contributed by atoms with Gasteiger partial charge in [-0.15, -0.1) is 0 Å². The molecule has 1 unspecified atom stereocenters. The number of ether oxygens (including phenoxy) is 3. The van der Waals surface area contributed by atoms with Crippen molar-refractivity contribution in [1.82, 2.24) is 9.80 Å². The van der Waals surface area contributed by atoms with Crippen molar-refractivity contribution in [2.24, 2.45) is 11.8 Å². The minimum absolute atomic E-state index is 0.675. The van der Waals surface area contributed by atoms with E-state index in [0.717, 1.165) is 35.9 Å². The summed E-state index contributed by atoms with van der Waals surface area (Å²) >= 11 is 0. The van der Waals surface area contributed by atoms with Gasteiger partial charge in [0.2, 0.25) is 5.75 Å². The van der Waals surface area contributed by atoms with E-state index >= 15 is 0 Å². The van der Waals surface area contributed by atoms with Crippen molar-refractivity contribution in [3.8, 4) is 17.2 Å². The van der Waals surface area contributed by atoms with Gasteiger partial charge in [-0.05, 0) is 68.3 Å². The summed E-state index contributed by atoms with van der Waals surface area (Å²) in [6.45, 7) is 6.04. The van der Waals surface area contributed by atoms with Crippen LogP contribution in [0.1, 0.15) is 44.1 Å². The Bertz CT molecular complexity index is 620. The molecule has 5 heteroatoms. The van der Waals surface area contributed by atoms with Crippen LogP contribution in [0.3, 0.4) is 0 Å². The molecule has 0 radical (unpaired) electrons. The van der Waals surface area contributed by atoms with Gasteiger partial charge in [0.1, 0.15) is 0 Å². The Morgan fingerprint density at radius 3 is 1.96 bits per heavy atom. The first-order chi connectivity index (χ1) is 13.7. The van der Waals surface area contributed by atoms with Gasteiger partial charge < -0.3 is 14.2 Å². The molecule has 2 aliphatic heterocycles. The molecular weight excluding hydrogens is 352 g/mol. The molecule has 3 aliphatic rings. The molecule has 1 aromatic carbocycles. The number of hydrogen-bond acceptors (Lipinski definition) is 5. The number of benzene rings is 1. The Morgan fingerprint density at radius 2 is 1.43 bits per heavy atom. The molecule has 0 amide bonds. The van der Waals surface area contributed by atoms with Crippen molar-refractivity contribution < 1.29 is 14.2 Å². The fraction of sp³-hybridized carbons (Fsp3) is 0.739. The summed E-state index contributed by atoms with van der Waals surface area (Å²) in [6, 6.07) is 5.03. The minimum Gasteiger partial charge on any atom is -0.493 e. The van der Waals surface area contributed by atoms with E-state index < -0.39 is 0 Å². The second kappa shape index (κ2) is 8.91. The molecular formula is C23H36N2O3. The molecule has 0 N–H and O–H groups in total. The molecule has 1 saturated carbocycles. The van der Waals surface area contributed by atoms with Crippen molar-refractivity contribution in [2.75, 3.05) is 47.5 Å². The molecule has 1 aliphatic carbocycles. The molecule has 2 bridgehead atoms. The second-order valence-electron chi connectivity index (χ2n) is 8.77. The summed E-state index contributed by atoms with van der Waals surface area (Å²) in [5.74, 6) is 3.83. The summed E-state index contributed by atoms with van der Waals surface area (Å²) < 4.78 is 16.6. The molecule has 156 valence electrons. The van der Waals surface area contributed by atoms with Crippen LogP contribution in [0, 0.1) is 11.8 Å². The quantitative estimate of drug-likeness (QED) is 0.740. The van der Waals surface area contributed by atoms with Crippen LogP contribution in [-0.4, -0.2) is 63.4 Å². The Balaban J connectivity index is 1.48. The Morgan fingerprint density at radius 1 is 0.821 bits per heavy atom. The summed E-state index contributed by atoms with van der Waals surface area (Å²) in [5.41, 5.74) is 1.24. The third-order valence-electron chi connectivity index (χ3n) is 7.04. The first-order valence-corrected chi connectivity index (χ1v) is 11.0. The zero-order valence-electron chi connectivity index (χ0n) is 17.8. The standard InChI is InChI=1S/C23H36N2O3/c1-26-20-12-17(13-21(27-2)23(20)28-3)14-24-15-18-8-7-9-19(16-24)22(18)25-10-5-4-6-11-25/h12-13,18-19,22H,4-11,14-16H2,1-3H3/t18-,19+,22?. The van der Waals surface area contributed by atoms with Crippen LogP contribution in [0.4, 0.5) is 0 Å². The lowest BCUT2D eigenvalue weighted by atomic mass is 9.72. The first-order valence-electron chi connectivity index (χ1n) is 11.0. The van der Waals surface area contributed by atoms with Crippen molar-refractivity contribution in [2.45, 2.75) is 51.1 Å². The number of rotatable bonds is 6. The fourth-order valence-corrected chi connectivity index (χ4v) is 5.93. The molecule has 3 fully saturated rings. The van der Waals surface area contributed by atoms with Crippen molar-refractivity contribution >= 4 is 0 Å². The number of fused-ring (bicyclic) bond motifs is 2. The van der Waals surface area contributed by atoms with E-state index in [1.165, 1.54) is 70.3 Å². The van der Waals surface area contributed by atoms with E-state index in [4.69, 9.17) is 14.2 Å². The van der Waals surface area contributed by atoms with Gasteiger partial charge >= 0.3 is 0 Å². The van der Waals surface area contributed by atoms with Gasteiger partial charge in [0.05, 0.1) is 21.3 Å². The van der Waals surface area contributed by atoms with Gasteiger partial charge in [-0.25, -0.2) is 0 Å². The van der Waals surface area contributed by atoms with Crippen LogP contribution in [0.2, 0.25) is 0 Å². The molecule has 0 spiro atoms. The Kier molecular flexibility index (Phi) is 6.32. The second-order valence-corrected chi connectivity index (χ2v) is 8.77. The number of piperidine rings is 2. The summed E-state index contributed by atoms with van der Waals surface area (Å²) in [6.07, 6.45) is 8.41. The van der Waals surface area contributed by atoms with Crippen LogP contribution in [0.5, 0.6) is 17.2 Å². The molecule has 0 aromatic heterocycles. The van der Waals surface area contributed by atoms with E-state index in [9.17, 15) is 0 Å². The number of likely N-dealkylation sites (tertiary alicyclic amines) is 2. The van der Waals surface area contributed by atoms with E-state index in [1.807, 2.05) is 0 Å². The van der Waals surface area contributed by atoms with Crippen LogP contribution in [-0.2, 0) is 6.54 Å². The van der Waals surface area contributed by atoms with Crippen molar-refractivity contribution in [3.05, 3.63) is 17.7 Å². The van der Waals surface area contributed by atoms with Crippen LogP contribution < -0.4 is 14.2 Å². The predicted molar refractivity (Wildman–Crippen MR) is 111 cm³/mol. The number of hydrogen-bond donors (Lipinski definition) is 0. The van der Waals surface area contributed by atoms with Gasteiger partial charge in [-0.2, -0.15) is 0 Å². The number of methoxy groups -OCH3 is 3. The summed E-state index contributed by atoms with van der Waals surface area (Å²) in [7, 11) is 5.04. The minimum atomic E-state index is 0.675. The van der Waals surface area contributed by atoms with Gasteiger partial charge in [-0.3, -0.25) is 9.80 Å². The predicted octanol–water partition coefficient (Wildman–Crippen LogP) is 3.80. The van der Waals surface area contributed by atoms with Crippen LogP contribution in [0.25, 0.3) is 0 Å². The fourth-order valence-electron chi connectivity index (χ4n) is 5.93. The topological polar surface area (TPSA) is 34.2 Å². The van der Waals surface area contributed by atoms with Crippen LogP contribution in [0.15, 0.2) is 12.1 Å². The molecule has 2 saturated heterocycles. The maximum atomic E-state index is 5.55. The van der Waals surface area contributed by atoms with Gasteiger partial charge in [-0.1, -0.05) is 12.8 Å². The average molecular weight is 389 g/mol. The van der Waals surface area contributed by atoms with Crippen molar-refractivity contribution in [1.29, 1.82) is 0 Å². The maximum absolute atomic E-state index is 5.55. The highest BCUT2D eigenvalue weighted by Gasteiger charge is 2.42. The highest BCUT2D eigenvalue weighted by Crippen LogP contribution is 2.41. The SMILES string of the molecule is COc1cc(CN2C[C@H]3CCC[C@@H](C2)C3N2CCCCC2)cc(OC)c1OC. The normalized spacial score (nSPS) is 28.8. The third kappa shape index (κ3) is 3.97. The molecule has 5 nitrogen and oxygen atoms in total. The van der Waals surface area contributed by atoms with Crippen molar-refractivity contribution in [3.63, 3.8) is 0 Å². The largest absolute Gasteiger partial charge is 0.493 e. The zero-order valence-corrected chi connectivity index (χ0v) is 17.8. The van der Waals surface area contributed by atoms with Crippen LogP contribution >= 0.6 is 0 Å². The smallest absolute Gasteiger partial charge is 0.203 e. The van der Waals surface area contributed by atoms with Gasteiger partial charge in [0, 0.05) is 25.7 Å². The zero-order chi connectivity index (χ0) is 19.5. The third-order valence-corrected chi connectivity index (χ3v) is 7.04. The van der Waals surface area contributed by atoms with E-state index in [2.05, 4.69) is 21.9 Å². The van der Waals surface area contributed by atoms with E-state index in [-0.39, 0.29) is 0 Å². The highest BCUT2D eigenvalue weighted by atomic mass is 16.5. The Hall–Kier alpha value is -1.46. The lowest BCUT2D eigenvalue weighted by Gasteiger charge is -2.52. The van der Waals surface area contributed by atoms with Gasteiger partial charge in [0.25, 0.3) is 0 Å². The summed E-state index contributed by atoms with van der Waals surface area (Å²) in [4.78, 5) is 5.50.